The van der Waals surface area contributed by atoms with Gasteiger partial charge in [-0.25, -0.2) is 15.0 Å². The molecule has 15 heteroatoms. The smallest absolute Gasteiger partial charge is 0.242 e. The van der Waals surface area contributed by atoms with Gasteiger partial charge in [0.15, 0.2) is 17.7 Å². The number of ether oxygens (including phenoxy) is 1. The summed E-state index contributed by atoms with van der Waals surface area (Å²) in [6, 6.07) is -2.24. The Morgan fingerprint density at radius 1 is 1.00 bits per heavy atom. The molecule has 0 bridgehead atoms. The van der Waals surface area contributed by atoms with Crippen LogP contribution in [0.1, 0.15) is 90.4 Å². The lowest BCUT2D eigenvalue weighted by molar-refractivity contribution is -0.204. The Kier molecular flexibility index (Phi) is 15.9. The van der Waals surface area contributed by atoms with Crippen LogP contribution >= 0.6 is 0 Å². The van der Waals surface area contributed by atoms with Crippen LogP contribution in [0.25, 0.3) is 11.2 Å². The average molecular weight is 637 g/mol. The van der Waals surface area contributed by atoms with Gasteiger partial charge in [0.1, 0.15) is 42.3 Å². The molecule has 1 saturated heterocycles. The summed E-state index contributed by atoms with van der Waals surface area (Å²) in [5.41, 5.74) is 6.42. The second-order valence-electron chi connectivity index (χ2n) is 11.7. The highest BCUT2D eigenvalue weighted by Crippen LogP contribution is 2.26. The number of aliphatic hydroxyl groups is 4. The molecule has 0 saturated carbocycles. The molecule has 2 amide bonds. The first-order valence-electron chi connectivity index (χ1n) is 16.3. The first-order chi connectivity index (χ1) is 21.8. The molecule has 0 aliphatic carbocycles. The minimum absolute atomic E-state index is 0.225. The largest absolute Gasteiger partial charge is 0.394 e. The maximum Gasteiger partial charge on any atom is 0.242 e. The zero-order valence-electron chi connectivity index (χ0n) is 26.2. The molecular formula is C30H52N8O7. The molecule has 1 fully saturated rings. The Morgan fingerprint density at radius 2 is 1.71 bits per heavy atom. The molecule has 0 aromatic carbocycles. The van der Waals surface area contributed by atoms with Crippen molar-refractivity contribution in [1.82, 2.24) is 30.6 Å². The molecule has 3 heterocycles. The van der Waals surface area contributed by atoms with Crippen LogP contribution in [0.5, 0.6) is 0 Å². The number of H-pyrrole nitrogens is 1. The molecule has 10 N–H and O–H groups in total. The lowest BCUT2D eigenvalue weighted by atomic mass is 9.91. The summed E-state index contributed by atoms with van der Waals surface area (Å²) >= 11 is 0. The van der Waals surface area contributed by atoms with Crippen LogP contribution in [-0.4, -0.2) is 108 Å². The predicted molar refractivity (Wildman–Crippen MR) is 168 cm³/mol. The average Bonchev–Trinajstić information content (AvgIpc) is 3.53. The number of unbranched alkanes of at least 4 members (excludes halogenated alkanes) is 9. The van der Waals surface area contributed by atoms with Gasteiger partial charge in [-0.2, -0.15) is 0 Å². The van der Waals surface area contributed by atoms with E-state index in [1.165, 1.54) is 44.8 Å². The number of anilines is 1. The predicted octanol–water partition coefficient (Wildman–Crippen LogP) is 0.584. The van der Waals surface area contributed by atoms with Crippen molar-refractivity contribution < 1.29 is 34.8 Å². The Morgan fingerprint density at radius 3 is 2.40 bits per heavy atom. The summed E-state index contributed by atoms with van der Waals surface area (Å²) < 4.78 is 5.89. The monoisotopic (exact) mass is 636 g/mol. The van der Waals surface area contributed by atoms with E-state index < -0.39 is 55.2 Å². The van der Waals surface area contributed by atoms with Gasteiger partial charge in [0.05, 0.1) is 19.0 Å². The number of rotatable bonds is 21. The molecule has 7 atom stereocenters. The summed E-state index contributed by atoms with van der Waals surface area (Å²) in [6.07, 6.45) is 7.27. The van der Waals surface area contributed by atoms with Gasteiger partial charge in [0.25, 0.3) is 0 Å². The van der Waals surface area contributed by atoms with Gasteiger partial charge in [0, 0.05) is 6.42 Å². The van der Waals surface area contributed by atoms with E-state index >= 15 is 0 Å². The molecule has 2 aromatic heterocycles. The summed E-state index contributed by atoms with van der Waals surface area (Å²) in [7, 11) is 0. The Balaban J connectivity index is 1.60. The SMILES string of the molecule is CCCCCCCCCCCC(=O)N[C@@H](CCCCN)C(=O)N[C@@H]1[C@@H](O)[C@@H](O)[C@@H](Nc2ncnc3nc[nH]c23)O[C@H]1[C@@H](O)CO. The van der Waals surface area contributed by atoms with E-state index in [0.29, 0.717) is 37.0 Å². The fourth-order valence-corrected chi connectivity index (χ4v) is 5.54. The number of carbonyl (C=O) groups is 2. The molecule has 0 spiro atoms. The van der Waals surface area contributed by atoms with E-state index in [-0.39, 0.29) is 18.1 Å². The number of nitrogens with zero attached hydrogens (tertiary/aromatic N) is 3. The van der Waals surface area contributed by atoms with E-state index in [1.807, 2.05) is 0 Å². The van der Waals surface area contributed by atoms with Crippen LogP contribution in [0.15, 0.2) is 12.7 Å². The number of hydrogen-bond donors (Lipinski definition) is 9. The summed E-state index contributed by atoms with van der Waals surface area (Å²) in [4.78, 5) is 41.3. The van der Waals surface area contributed by atoms with E-state index in [1.54, 1.807) is 0 Å². The third kappa shape index (κ3) is 11.1. The van der Waals surface area contributed by atoms with Gasteiger partial charge in [-0.15, -0.1) is 0 Å². The minimum atomic E-state index is -1.62. The second-order valence-corrected chi connectivity index (χ2v) is 11.7. The van der Waals surface area contributed by atoms with Crippen LogP contribution in [0.4, 0.5) is 5.82 Å². The Hall–Kier alpha value is -2.95. The molecule has 0 radical (unpaired) electrons. The zero-order valence-corrected chi connectivity index (χ0v) is 26.2. The maximum atomic E-state index is 13.5. The standard InChI is InChI=1S/C30H52N8O7/c1-2-3-4-5-6-7-8-9-10-14-21(41)36-19(13-11-12-15-31)29(44)37-22-24(42)25(43)30(45-26(22)20(40)16-39)38-28-23-27(33-17-32-23)34-18-35-28/h17-20,22,24-26,30,39-40,42-43H,2-16,31H2,1H3,(H,36,41)(H,37,44)(H2,32,33,34,35,38)/t19-,20-,22+,24+,25+,26-,30-/m0/s1. The van der Waals surface area contributed by atoms with Crippen molar-refractivity contribution in [3.8, 4) is 0 Å². The van der Waals surface area contributed by atoms with Crippen LogP contribution in [0.2, 0.25) is 0 Å². The van der Waals surface area contributed by atoms with E-state index in [2.05, 4.69) is 42.8 Å². The second kappa shape index (κ2) is 19.5. The summed E-state index contributed by atoms with van der Waals surface area (Å²) in [5.74, 6) is -0.635. The molecule has 15 nitrogen and oxygen atoms in total. The maximum absolute atomic E-state index is 13.5. The molecular weight excluding hydrogens is 584 g/mol. The van der Waals surface area contributed by atoms with E-state index in [9.17, 15) is 30.0 Å². The number of amides is 2. The lowest BCUT2D eigenvalue weighted by Crippen LogP contribution is -2.69. The molecule has 254 valence electrons. The van der Waals surface area contributed by atoms with Gasteiger partial charge < -0.3 is 51.8 Å². The summed E-state index contributed by atoms with van der Waals surface area (Å²) in [5, 5.41) is 50.7. The van der Waals surface area contributed by atoms with Crippen molar-refractivity contribution in [2.75, 3.05) is 18.5 Å². The number of aliphatic hydroxyl groups excluding tert-OH is 4. The normalized spacial score (nSPS) is 23.0. The Labute approximate surface area is 264 Å². The molecule has 2 aromatic rings. The number of imidazole rings is 1. The number of hydrogen-bond acceptors (Lipinski definition) is 12. The van der Waals surface area contributed by atoms with E-state index in [0.717, 1.165) is 25.7 Å². The van der Waals surface area contributed by atoms with Crippen molar-refractivity contribution >= 4 is 28.8 Å². The lowest BCUT2D eigenvalue weighted by Gasteiger charge is -2.45. The highest BCUT2D eigenvalue weighted by atomic mass is 16.5. The van der Waals surface area contributed by atoms with Crippen molar-refractivity contribution in [3.63, 3.8) is 0 Å². The number of nitrogens with two attached hydrogens (primary N) is 1. The third-order valence-corrected chi connectivity index (χ3v) is 8.17. The number of aromatic nitrogens is 4. The van der Waals surface area contributed by atoms with Gasteiger partial charge in [-0.3, -0.25) is 9.59 Å². The van der Waals surface area contributed by atoms with Crippen LogP contribution < -0.4 is 21.7 Å². The Bertz CT molecular complexity index is 1150. The first kappa shape index (κ1) is 36.5. The molecule has 45 heavy (non-hydrogen) atoms. The fraction of sp³-hybridized carbons (Fsp3) is 0.767. The first-order valence-corrected chi connectivity index (χ1v) is 16.3. The van der Waals surface area contributed by atoms with E-state index in [4.69, 9.17) is 10.5 Å². The van der Waals surface area contributed by atoms with Crippen LogP contribution in [0, 0.1) is 0 Å². The van der Waals surface area contributed by atoms with Crippen molar-refractivity contribution in [3.05, 3.63) is 12.7 Å². The van der Waals surface area contributed by atoms with Gasteiger partial charge in [-0.1, -0.05) is 58.3 Å². The van der Waals surface area contributed by atoms with Crippen molar-refractivity contribution in [2.45, 2.75) is 133 Å². The van der Waals surface area contributed by atoms with Crippen LogP contribution in [-0.2, 0) is 14.3 Å². The van der Waals surface area contributed by atoms with Crippen LogP contribution in [0.3, 0.4) is 0 Å². The number of aromatic amines is 1. The molecule has 3 rings (SSSR count). The molecule has 1 aliphatic heterocycles. The van der Waals surface area contributed by atoms with Crippen molar-refractivity contribution in [2.24, 2.45) is 5.73 Å². The van der Waals surface area contributed by atoms with Gasteiger partial charge >= 0.3 is 0 Å². The molecule has 0 unspecified atom stereocenters. The molecule has 1 aliphatic rings. The highest BCUT2D eigenvalue weighted by Gasteiger charge is 2.48. The fourth-order valence-electron chi connectivity index (χ4n) is 5.54. The highest BCUT2D eigenvalue weighted by molar-refractivity contribution is 5.88. The van der Waals surface area contributed by atoms with Crippen molar-refractivity contribution in [1.29, 1.82) is 0 Å². The minimum Gasteiger partial charge on any atom is -0.394 e. The number of nitrogens with one attached hydrogen (secondary N) is 4. The third-order valence-electron chi connectivity index (χ3n) is 8.17. The number of fused-ring (bicyclic) bond motifs is 1. The topological polar surface area (TPSA) is 241 Å². The van der Waals surface area contributed by atoms with Gasteiger partial charge in [0.2, 0.25) is 11.8 Å². The van der Waals surface area contributed by atoms with Gasteiger partial charge in [-0.05, 0) is 32.2 Å². The number of carbonyl (C=O) groups excluding carboxylic acids is 2. The zero-order chi connectivity index (χ0) is 32.6. The quantitative estimate of drug-likeness (QED) is 0.0855. The summed E-state index contributed by atoms with van der Waals surface area (Å²) in [6.45, 7) is 1.89.